The van der Waals surface area contributed by atoms with Crippen molar-refractivity contribution in [1.82, 2.24) is 0 Å². The third-order valence-electron chi connectivity index (χ3n) is 7.96. The van der Waals surface area contributed by atoms with Crippen LogP contribution < -0.4 is 5.19 Å². The minimum Gasteiger partial charge on any atom is -0.200 e. The number of rotatable bonds is 17. The Balaban J connectivity index is 3.81. The van der Waals surface area contributed by atoms with E-state index in [4.69, 9.17) is 0 Å². The second-order valence-electron chi connectivity index (χ2n) is 13.1. The average molecular weight is 871 g/mol. The van der Waals surface area contributed by atoms with E-state index in [1.165, 1.54) is 18.2 Å². The molecule has 0 N–H and O–H groups in total. The minimum absolute atomic E-state index is 0.0453. The summed E-state index contributed by atoms with van der Waals surface area (Å²) >= 11 is 0. The molecule has 0 saturated heterocycles. The Hall–Kier alpha value is -2.38. The fourth-order valence-electron chi connectivity index (χ4n) is 4.65. The molecule has 1 aromatic rings. The molecule has 318 valence electrons. The van der Waals surface area contributed by atoms with Crippen LogP contribution in [-0.4, -0.2) is 79.7 Å². The van der Waals surface area contributed by atoms with Crippen LogP contribution in [0.4, 0.5) is 114 Å². The van der Waals surface area contributed by atoms with Crippen LogP contribution in [0.2, 0.25) is 19.6 Å². The summed E-state index contributed by atoms with van der Waals surface area (Å²) in [5, 5.41) is 0.562. The quantitative estimate of drug-likeness (QED) is 0.108. The molecule has 27 heteroatoms. The van der Waals surface area contributed by atoms with Crippen molar-refractivity contribution in [3.8, 4) is 0 Å². The molecule has 0 aliphatic rings. The van der Waals surface area contributed by atoms with Crippen LogP contribution in [0.5, 0.6) is 0 Å². The molecule has 1 aromatic carbocycles. The zero-order valence-electron chi connectivity index (χ0n) is 26.7. The lowest BCUT2D eigenvalue weighted by atomic mass is 9.82. The summed E-state index contributed by atoms with van der Waals surface area (Å²) in [6.07, 6.45) is -26.9. The van der Waals surface area contributed by atoms with Gasteiger partial charge < -0.3 is 0 Å². The summed E-state index contributed by atoms with van der Waals surface area (Å²) in [5.41, 5.74) is 0.0453. The van der Waals surface area contributed by atoms with Crippen LogP contribution in [0.15, 0.2) is 24.3 Å². The summed E-state index contributed by atoms with van der Waals surface area (Å²) in [5.74, 6) is -85.6. The summed E-state index contributed by atoms with van der Waals surface area (Å²) in [6, 6.07) is 5.28. The molecule has 1 rings (SSSR count). The van der Waals surface area contributed by atoms with Crippen LogP contribution in [0.1, 0.15) is 31.2 Å². The van der Waals surface area contributed by atoms with Crippen molar-refractivity contribution in [2.24, 2.45) is 5.92 Å². The summed E-state index contributed by atoms with van der Waals surface area (Å²) in [6.45, 7) is 5.17. The Bertz CT molecular complexity index is 1350. The van der Waals surface area contributed by atoms with Crippen molar-refractivity contribution >= 4 is 13.3 Å². The summed E-state index contributed by atoms with van der Waals surface area (Å²) in [4.78, 5) is 0. The second-order valence-corrected chi connectivity index (χ2v) is 18.2. The smallest absolute Gasteiger partial charge is 0.200 e. The van der Waals surface area contributed by atoms with Crippen molar-refractivity contribution in [3.63, 3.8) is 0 Å². The Labute approximate surface area is 287 Å². The third-order valence-corrected chi connectivity index (χ3v) is 10.0. The van der Waals surface area contributed by atoms with Crippen molar-refractivity contribution in [1.29, 1.82) is 0 Å². The van der Waals surface area contributed by atoms with E-state index in [-0.39, 0.29) is 5.56 Å². The first-order valence-electron chi connectivity index (χ1n) is 14.3. The first kappa shape index (κ1) is 49.6. The number of halogens is 26. The highest BCUT2D eigenvalue weighted by molar-refractivity contribution is 6.88. The van der Waals surface area contributed by atoms with E-state index in [1.54, 1.807) is 19.6 Å². The molecule has 0 nitrogen and oxygen atoms in total. The number of alkyl halides is 26. The van der Waals surface area contributed by atoms with Gasteiger partial charge in [-0.1, -0.05) is 49.1 Å². The van der Waals surface area contributed by atoms with E-state index in [1.807, 2.05) is 0 Å². The van der Waals surface area contributed by atoms with Crippen LogP contribution >= 0.6 is 0 Å². The third kappa shape index (κ3) is 8.20. The highest BCUT2D eigenvalue weighted by Crippen LogP contribution is 2.63. The van der Waals surface area contributed by atoms with Gasteiger partial charge in [-0.3, -0.25) is 0 Å². The maximum atomic E-state index is 14.7. The van der Waals surface area contributed by atoms with Crippen LogP contribution in [-0.2, 0) is 6.42 Å². The van der Waals surface area contributed by atoms with Crippen molar-refractivity contribution in [3.05, 3.63) is 29.8 Å². The molecule has 54 heavy (non-hydrogen) atoms. The van der Waals surface area contributed by atoms with Gasteiger partial charge in [0.05, 0.1) is 8.07 Å². The second kappa shape index (κ2) is 14.2. The topological polar surface area (TPSA) is 0 Å². The minimum atomic E-state index is -8.55. The lowest BCUT2D eigenvalue weighted by Crippen LogP contribution is -2.70. The average Bonchev–Trinajstić information content (AvgIpc) is 2.94. The molecule has 0 aromatic heterocycles. The molecule has 0 saturated carbocycles. The lowest BCUT2D eigenvalue weighted by Gasteiger charge is -2.42. The standard InChI is InChI=1S/C27H24F26Si/c1-54(2,3)15-9-5-7-13(10-15)6-4-8-14(11-16(28,29)18(32,33)20(36,37)22(40,41)24(44,45)26(48,49)50)12-17(30,31)19(34,35)21(38,39)23(42,43)25(46,47)27(51,52)53/h5,7,9-10,14H,4,6,8,11-12H2,1-3H3. The van der Waals surface area contributed by atoms with E-state index in [0.29, 0.717) is 5.19 Å². The zero-order valence-corrected chi connectivity index (χ0v) is 27.7. The number of aryl methyl sites for hydroxylation is 1. The van der Waals surface area contributed by atoms with Crippen molar-refractivity contribution in [2.75, 3.05) is 0 Å². The number of hydrogen-bond donors (Lipinski definition) is 0. The molecular formula is C27H24F26Si. The molecular weight excluding hydrogens is 846 g/mol. The van der Waals surface area contributed by atoms with Gasteiger partial charge in [-0.05, 0) is 30.7 Å². The highest BCUT2D eigenvalue weighted by atomic mass is 28.3. The first-order chi connectivity index (χ1) is 23.3. The molecule has 0 unspecified atom stereocenters. The van der Waals surface area contributed by atoms with Gasteiger partial charge in [0.2, 0.25) is 0 Å². The first-order valence-corrected chi connectivity index (χ1v) is 17.8. The molecule has 0 radical (unpaired) electrons. The van der Waals surface area contributed by atoms with Gasteiger partial charge in [-0.15, -0.1) is 0 Å². The molecule has 0 fully saturated rings. The fraction of sp³-hybridized carbons (Fsp3) is 0.778. The van der Waals surface area contributed by atoms with E-state index in [2.05, 4.69) is 0 Å². The van der Waals surface area contributed by atoms with Crippen molar-refractivity contribution in [2.45, 2.75) is 123 Å². The largest absolute Gasteiger partial charge is 0.460 e. The van der Waals surface area contributed by atoms with E-state index < -0.39 is 118 Å². The van der Waals surface area contributed by atoms with Gasteiger partial charge in [-0.2, -0.15) is 114 Å². The maximum absolute atomic E-state index is 14.7. The SMILES string of the molecule is C[Si](C)(C)c1cccc(CCCC(CC(F)(F)C(F)(F)C(F)(F)C(F)(F)C(F)(F)C(F)(F)F)CC(F)(F)C(F)(F)C(F)(F)C(F)(F)C(F)(F)C(F)(F)F)c1. The maximum Gasteiger partial charge on any atom is 0.460 e. The Morgan fingerprint density at radius 3 is 1.06 bits per heavy atom. The van der Waals surface area contributed by atoms with Crippen molar-refractivity contribution < 1.29 is 114 Å². The van der Waals surface area contributed by atoms with Gasteiger partial charge in [0, 0.05) is 12.8 Å². The molecule has 0 bridgehead atoms. The zero-order chi connectivity index (χ0) is 43.6. The Kier molecular flexibility index (Phi) is 13.1. The summed E-state index contributed by atoms with van der Waals surface area (Å²) in [7, 11) is -2.23. The molecule has 0 heterocycles. The van der Waals surface area contributed by atoms with E-state index >= 15 is 0 Å². The van der Waals surface area contributed by atoms with Gasteiger partial charge >= 0.3 is 71.6 Å². The number of benzene rings is 1. The molecule has 0 aliphatic carbocycles. The predicted molar refractivity (Wildman–Crippen MR) is 137 cm³/mol. The van der Waals surface area contributed by atoms with Crippen LogP contribution in [0.3, 0.4) is 0 Å². The van der Waals surface area contributed by atoms with Crippen LogP contribution in [0.25, 0.3) is 0 Å². The highest BCUT2D eigenvalue weighted by Gasteiger charge is 2.92. The fourth-order valence-corrected chi connectivity index (χ4v) is 5.86. The van der Waals surface area contributed by atoms with Gasteiger partial charge in [-0.25, -0.2) is 0 Å². The van der Waals surface area contributed by atoms with Gasteiger partial charge in [0.15, 0.2) is 0 Å². The van der Waals surface area contributed by atoms with E-state index in [0.717, 1.165) is 6.07 Å². The molecule has 0 atom stereocenters. The Morgan fingerprint density at radius 2 is 0.759 bits per heavy atom. The normalized spacial score (nSPS) is 16.0. The Morgan fingerprint density at radius 1 is 0.444 bits per heavy atom. The molecule has 0 spiro atoms. The lowest BCUT2D eigenvalue weighted by molar-refractivity contribution is -0.443. The monoisotopic (exact) mass is 870 g/mol. The van der Waals surface area contributed by atoms with Gasteiger partial charge in [0.1, 0.15) is 0 Å². The van der Waals surface area contributed by atoms with Gasteiger partial charge in [0.25, 0.3) is 0 Å². The molecule has 0 amide bonds. The number of hydrogen-bond acceptors (Lipinski definition) is 0. The van der Waals surface area contributed by atoms with Crippen LogP contribution in [0, 0.1) is 5.92 Å². The predicted octanol–water partition coefficient (Wildman–Crippen LogP) is 12.4. The summed E-state index contributed by atoms with van der Waals surface area (Å²) < 4.78 is 354. The molecule has 0 aliphatic heterocycles. The van der Waals surface area contributed by atoms with E-state index in [9.17, 15) is 114 Å².